The summed E-state index contributed by atoms with van der Waals surface area (Å²) in [5.74, 6) is 1.92. The highest BCUT2D eigenvalue weighted by Crippen LogP contribution is 2.14. The average Bonchev–Trinajstić information content (AvgIpc) is 2.44. The second-order valence-corrected chi connectivity index (χ2v) is 6.06. The van der Waals surface area contributed by atoms with Gasteiger partial charge < -0.3 is 15.1 Å². The quantitative estimate of drug-likeness (QED) is 0.575. The van der Waals surface area contributed by atoms with E-state index >= 15 is 0 Å². The van der Waals surface area contributed by atoms with Crippen LogP contribution in [-0.4, -0.2) is 62.1 Å². The minimum Gasteiger partial charge on any atom is -0.357 e. The van der Waals surface area contributed by atoms with Gasteiger partial charge in [0.25, 0.3) is 0 Å². The van der Waals surface area contributed by atoms with Crippen LogP contribution in [0.5, 0.6) is 0 Å². The molecule has 0 saturated carbocycles. The molecular weight excluding hydrogens is 248 g/mol. The van der Waals surface area contributed by atoms with Crippen LogP contribution in [0.1, 0.15) is 46.5 Å². The van der Waals surface area contributed by atoms with Gasteiger partial charge >= 0.3 is 0 Å². The van der Waals surface area contributed by atoms with Crippen LogP contribution < -0.4 is 5.32 Å². The van der Waals surface area contributed by atoms with Gasteiger partial charge in [-0.1, -0.05) is 20.3 Å². The smallest absolute Gasteiger partial charge is 0.193 e. The molecule has 20 heavy (non-hydrogen) atoms. The Hall–Kier alpha value is -0.770. The van der Waals surface area contributed by atoms with Crippen molar-refractivity contribution in [2.75, 3.05) is 46.3 Å². The van der Waals surface area contributed by atoms with E-state index < -0.39 is 0 Å². The molecule has 1 heterocycles. The van der Waals surface area contributed by atoms with Crippen molar-refractivity contribution in [3.8, 4) is 0 Å². The Morgan fingerprint density at radius 1 is 1.40 bits per heavy atom. The van der Waals surface area contributed by atoms with Gasteiger partial charge in [-0.15, -0.1) is 0 Å². The number of hydrogen-bond acceptors (Lipinski definition) is 2. The van der Waals surface area contributed by atoms with E-state index in [4.69, 9.17) is 4.99 Å². The van der Waals surface area contributed by atoms with Crippen molar-refractivity contribution in [1.82, 2.24) is 15.1 Å². The van der Waals surface area contributed by atoms with Crippen LogP contribution in [0.15, 0.2) is 4.99 Å². The summed E-state index contributed by atoms with van der Waals surface area (Å²) in [7, 11) is 2.14. The van der Waals surface area contributed by atoms with Crippen molar-refractivity contribution in [2.24, 2.45) is 10.9 Å². The van der Waals surface area contributed by atoms with Crippen molar-refractivity contribution in [3.63, 3.8) is 0 Å². The SMILES string of the molecule is CCCCN(C)C(=NCCN1CCCC(C)C1)NCC. The molecule has 0 radical (unpaired) electrons. The number of nitrogens with one attached hydrogen (secondary N) is 1. The molecule has 1 atom stereocenters. The lowest BCUT2D eigenvalue weighted by Crippen LogP contribution is -2.40. The number of aliphatic imine (C=N–C) groups is 1. The zero-order valence-corrected chi connectivity index (χ0v) is 14.0. The molecule has 0 spiro atoms. The number of guanidine groups is 1. The first-order valence-corrected chi connectivity index (χ1v) is 8.39. The highest BCUT2D eigenvalue weighted by molar-refractivity contribution is 5.79. The summed E-state index contributed by atoms with van der Waals surface area (Å²) in [5.41, 5.74) is 0. The Morgan fingerprint density at radius 3 is 2.85 bits per heavy atom. The van der Waals surface area contributed by atoms with Gasteiger partial charge in [0.2, 0.25) is 0 Å². The molecule has 0 aromatic heterocycles. The van der Waals surface area contributed by atoms with Crippen molar-refractivity contribution < 1.29 is 0 Å². The summed E-state index contributed by atoms with van der Waals surface area (Å²) in [6, 6.07) is 0. The fraction of sp³-hybridized carbons (Fsp3) is 0.938. The Balaban J connectivity index is 2.37. The Bertz CT molecular complexity index is 278. The molecule has 0 aromatic rings. The third kappa shape index (κ3) is 6.60. The minimum atomic E-state index is 0.855. The topological polar surface area (TPSA) is 30.9 Å². The number of nitrogens with zero attached hydrogens (tertiary/aromatic N) is 3. The lowest BCUT2D eigenvalue weighted by Gasteiger charge is -2.30. The summed E-state index contributed by atoms with van der Waals surface area (Å²) in [5, 5.41) is 3.40. The molecule has 1 aliphatic heterocycles. The van der Waals surface area contributed by atoms with Crippen LogP contribution in [0.25, 0.3) is 0 Å². The molecule has 1 N–H and O–H groups in total. The van der Waals surface area contributed by atoms with Gasteiger partial charge in [-0.3, -0.25) is 4.99 Å². The largest absolute Gasteiger partial charge is 0.357 e. The molecule has 0 aromatic carbocycles. The predicted octanol–water partition coefficient (Wildman–Crippen LogP) is 2.42. The van der Waals surface area contributed by atoms with Gasteiger partial charge in [-0.2, -0.15) is 0 Å². The van der Waals surface area contributed by atoms with Crippen LogP contribution in [0.2, 0.25) is 0 Å². The second-order valence-electron chi connectivity index (χ2n) is 6.06. The van der Waals surface area contributed by atoms with Crippen molar-refractivity contribution >= 4 is 5.96 Å². The maximum Gasteiger partial charge on any atom is 0.193 e. The van der Waals surface area contributed by atoms with Gasteiger partial charge in [0, 0.05) is 33.2 Å². The predicted molar refractivity (Wildman–Crippen MR) is 88.4 cm³/mol. The van der Waals surface area contributed by atoms with E-state index in [1.165, 1.54) is 38.8 Å². The summed E-state index contributed by atoms with van der Waals surface area (Å²) in [6.07, 6.45) is 5.20. The third-order valence-corrected chi connectivity index (χ3v) is 3.96. The van der Waals surface area contributed by atoms with Gasteiger partial charge in [0.1, 0.15) is 0 Å². The maximum atomic E-state index is 4.78. The summed E-state index contributed by atoms with van der Waals surface area (Å²) >= 11 is 0. The molecule has 1 fully saturated rings. The number of piperidine rings is 1. The first-order valence-electron chi connectivity index (χ1n) is 8.39. The maximum absolute atomic E-state index is 4.78. The van der Waals surface area contributed by atoms with E-state index in [-0.39, 0.29) is 0 Å². The summed E-state index contributed by atoms with van der Waals surface area (Å²) in [4.78, 5) is 9.59. The Kier molecular flexibility index (Phi) is 8.67. The first kappa shape index (κ1) is 17.3. The molecule has 1 unspecified atom stereocenters. The lowest BCUT2D eigenvalue weighted by molar-refractivity contribution is 0.188. The highest BCUT2D eigenvalue weighted by Gasteiger charge is 2.15. The summed E-state index contributed by atoms with van der Waals surface area (Å²) < 4.78 is 0. The van der Waals surface area contributed by atoms with Crippen LogP contribution in [-0.2, 0) is 0 Å². The number of likely N-dealkylation sites (tertiary alicyclic amines) is 1. The van der Waals surface area contributed by atoms with Crippen molar-refractivity contribution in [1.29, 1.82) is 0 Å². The Labute approximate surface area is 125 Å². The standard InChI is InChI=1S/C16H34N4/c1-5-7-11-19(4)16(17-6-2)18-10-13-20-12-8-9-15(3)14-20/h15H,5-14H2,1-4H3,(H,17,18). The third-order valence-electron chi connectivity index (χ3n) is 3.96. The molecule has 0 bridgehead atoms. The van der Waals surface area contributed by atoms with Crippen LogP contribution >= 0.6 is 0 Å². The lowest BCUT2D eigenvalue weighted by atomic mass is 10.0. The van der Waals surface area contributed by atoms with E-state index in [0.29, 0.717) is 0 Å². The van der Waals surface area contributed by atoms with Crippen LogP contribution in [0.4, 0.5) is 0 Å². The molecule has 1 saturated heterocycles. The van der Waals surface area contributed by atoms with Crippen molar-refractivity contribution in [2.45, 2.75) is 46.5 Å². The normalized spacial score (nSPS) is 21.0. The molecule has 4 nitrogen and oxygen atoms in total. The Morgan fingerprint density at radius 2 is 2.20 bits per heavy atom. The monoisotopic (exact) mass is 282 g/mol. The van der Waals surface area contributed by atoms with Crippen molar-refractivity contribution in [3.05, 3.63) is 0 Å². The molecule has 1 rings (SSSR count). The zero-order chi connectivity index (χ0) is 14.8. The number of unbranched alkanes of at least 4 members (excludes halogenated alkanes) is 1. The van der Waals surface area contributed by atoms with Gasteiger partial charge in [0.15, 0.2) is 5.96 Å². The minimum absolute atomic E-state index is 0.855. The van der Waals surface area contributed by atoms with Gasteiger partial charge in [0.05, 0.1) is 6.54 Å². The molecule has 0 amide bonds. The van der Waals surface area contributed by atoms with Crippen LogP contribution in [0, 0.1) is 5.92 Å². The summed E-state index contributed by atoms with van der Waals surface area (Å²) in [6.45, 7) is 13.3. The highest BCUT2D eigenvalue weighted by atomic mass is 15.3. The van der Waals surface area contributed by atoms with E-state index in [1.54, 1.807) is 0 Å². The number of rotatable bonds is 7. The fourth-order valence-electron chi connectivity index (χ4n) is 2.76. The second kappa shape index (κ2) is 10.0. The average molecular weight is 282 g/mol. The molecule has 4 heteroatoms. The first-order chi connectivity index (χ1) is 9.67. The van der Waals surface area contributed by atoms with E-state index in [0.717, 1.165) is 38.1 Å². The molecular formula is C16H34N4. The van der Waals surface area contributed by atoms with E-state index in [1.807, 2.05) is 0 Å². The van der Waals surface area contributed by atoms with Gasteiger partial charge in [-0.05, 0) is 38.6 Å². The molecule has 1 aliphatic rings. The molecule has 118 valence electrons. The van der Waals surface area contributed by atoms with E-state index in [9.17, 15) is 0 Å². The fourth-order valence-corrected chi connectivity index (χ4v) is 2.76. The van der Waals surface area contributed by atoms with Gasteiger partial charge in [-0.25, -0.2) is 0 Å². The number of hydrogen-bond donors (Lipinski definition) is 1. The van der Waals surface area contributed by atoms with E-state index in [2.05, 4.69) is 42.9 Å². The van der Waals surface area contributed by atoms with Crippen LogP contribution in [0.3, 0.4) is 0 Å². The zero-order valence-electron chi connectivity index (χ0n) is 14.0. The molecule has 0 aliphatic carbocycles.